The quantitative estimate of drug-likeness (QED) is 0.742. The molecule has 1 N–H and O–H groups in total. The predicted molar refractivity (Wildman–Crippen MR) is 66.3 cm³/mol. The van der Waals surface area contributed by atoms with Gasteiger partial charge in [0.1, 0.15) is 11.5 Å². The van der Waals surface area contributed by atoms with E-state index in [2.05, 4.69) is 11.4 Å². The number of hydrogen-bond acceptors (Lipinski definition) is 2. The van der Waals surface area contributed by atoms with Crippen LogP contribution in [0.1, 0.15) is 50.0 Å². The third-order valence-electron chi connectivity index (χ3n) is 3.54. The topological polar surface area (TPSA) is 25.2 Å². The zero-order chi connectivity index (χ0) is 11.2. The number of aryl methyl sites for hydroxylation is 1. The first-order chi connectivity index (χ1) is 7.84. The SMILES string of the molecule is Cc1ccc(CNCCCC2CCCC2)o1. The first kappa shape index (κ1) is 11.7. The van der Waals surface area contributed by atoms with E-state index in [4.69, 9.17) is 4.42 Å². The second-order valence-electron chi connectivity index (χ2n) is 4.98. The zero-order valence-corrected chi connectivity index (χ0v) is 10.3. The van der Waals surface area contributed by atoms with Crippen molar-refractivity contribution in [3.63, 3.8) is 0 Å². The van der Waals surface area contributed by atoms with E-state index < -0.39 is 0 Å². The largest absolute Gasteiger partial charge is 0.465 e. The fourth-order valence-corrected chi connectivity index (χ4v) is 2.61. The first-order valence-corrected chi connectivity index (χ1v) is 6.60. The van der Waals surface area contributed by atoms with Crippen LogP contribution in [0.5, 0.6) is 0 Å². The van der Waals surface area contributed by atoms with Gasteiger partial charge in [-0.15, -0.1) is 0 Å². The van der Waals surface area contributed by atoms with Gasteiger partial charge in [0.2, 0.25) is 0 Å². The van der Waals surface area contributed by atoms with Gasteiger partial charge >= 0.3 is 0 Å². The van der Waals surface area contributed by atoms with Crippen LogP contribution in [0.3, 0.4) is 0 Å². The number of furan rings is 1. The van der Waals surface area contributed by atoms with Crippen molar-refractivity contribution in [2.45, 2.75) is 52.0 Å². The summed E-state index contributed by atoms with van der Waals surface area (Å²) in [6.45, 7) is 3.98. The Morgan fingerprint density at radius 2 is 2.12 bits per heavy atom. The van der Waals surface area contributed by atoms with Crippen molar-refractivity contribution in [3.8, 4) is 0 Å². The molecule has 2 heteroatoms. The Balaban J connectivity index is 1.51. The summed E-state index contributed by atoms with van der Waals surface area (Å²) in [6.07, 6.45) is 8.58. The van der Waals surface area contributed by atoms with Gasteiger partial charge < -0.3 is 9.73 Å². The summed E-state index contributed by atoms with van der Waals surface area (Å²) in [5.41, 5.74) is 0. The average molecular weight is 221 g/mol. The smallest absolute Gasteiger partial charge is 0.117 e. The zero-order valence-electron chi connectivity index (χ0n) is 10.3. The molecule has 0 radical (unpaired) electrons. The van der Waals surface area contributed by atoms with E-state index in [0.29, 0.717) is 0 Å². The van der Waals surface area contributed by atoms with Crippen molar-refractivity contribution in [1.29, 1.82) is 0 Å². The number of nitrogens with one attached hydrogen (secondary N) is 1. The van der Waals surface area contributed by atoms with Crippen LogP contribution in [0.15, 0.2) is 16.5 Å². The molecule has 16 heavy (non-hydrogen) atoms. The molecule has 1 aromatic heterocycles. The number of rotatable bonds is 6. The van der Waals surface area contributed by atoms with Crippen molar-refractivity contribution in [2.24, 2.45) is 5.92 Å². The van der Waals surface area contributed by atoms with Gasteiger partial charge in [-0.05, 0) is 44.4 Å². The minimum atomic E-state index is 0.874. The normalized spacial score (nSPS) is 17.1. The van der Waals surface area contributed by atoms with Crippen LogP contribution in [0.2, 0.25) is 0 Å². The third-order valence-corrected chi connectivity index (χ3v) is 3.54. The molecule has 1 aliphatic carbocycles. The molecule has 0 bridgehead atoms. The molecule has 2 nitrogen and oxygen atoms in total. The fraction of sp³-hybridized carbons (Fsp3) is 0.714. The minimum absolute atomic E-state index is 0.874. The lowest BCUT2D eigenvalue weighted by atomic mass is 10.0. The van der Waals surface area contributed by atoms with Gasteiger partial charge in [-0.3, -0.25) is 0 Å². The summed E-state index contributed by atoms with van der Waals surface area (Å²) in [5, 5.41) is 3.45. The standard InChI is InChI=1S/C14H23NO/c1-12-8-9-14(16-12)11-15-10-4-7-13-5-2-3-6-13/h8-9,13,15H,2-7,10-11H2,1H3. The van der Waals surface area contributed by atoms with Crippen molar-refractivity contribution < 1.29 is 4.42 Å². The Labute approximate surface area is 98.4 Å². The van der Waals surface area contributed by atoms with Gasteiger partial charge in [0, 0.05) is 0 Å². The van der Waals surface area contributed by atoms with E-state index in [1.54, 1.807) is 0 Å². The highest BCUT2D eigenvalue weighted by molar-refractivity contribution is 5.04. The summed E-state index contributed by atoms with van der Waals surface area (Å²) < 4.78 is 5.50. The van der Waals surface area contributed by atoms with E-state index in [0.717, 1.165) is 30.5 Å². The van der Waals surface area contributed by atoms with E-state index in [9.17, 15) is 0 Å². The second-order valence-corrected chi connectivity index (χ2v) is 4.98. The van der Waals surface area contributed by atoms with Crippen molar-refractivity contribution >= 4 is 0 Å². The Kier molecular flexibility index (Phi) is 4.46. The molecule has 0 aliphatic heterocycles. The average Bonchev–Trinajstić information content (AvgIpc) is 2.89. The van der Waals surface area contributed by atoms with E-state index in [1.165, 1.54) is 38.5 Å². The van der Waals surface area contributed by atoms with Crippen molar-refractivity contribution in [3.05, 3.63) is 23.7 Å². The van der Waals surface area contributed by atoms with Gasteiger partial charge in [0.25, 0.3) is 0 Å². The van der Waals surface area contributed by atoms with Gasteiger partial charge in [-0.1, -0.05) is 25.7 Å². The maximum absolute atomic E-state index is 5.50. The van der Waals surface area contributed by atoms with Crippen molar-refractivity contribution in [2.75, 3.05) is 6.54 Å². The summed E-state index contributed by atoms with van der Waals surface area (Å²) in [6, 6.07) is 4.08. The fourth-order valence-electron chi connectivity index (χ4n) is 2.61. The van der Waals surface area contributed by atoms with Gasteiger partial charge in [0.05, 0.1) is 6.54 Å². The monoisotopic (exact) mass is 221 g/mol. The lowest BCUT2D eigenvalue weighted by Crippen LogP contribution is -2.15. The van der Waals surface area contributed by atoms with Crippen LogP contribution in [0, 0.1) is 12.8 Å². The molecule has 1 fully saturated rings. The Morgan fingerprint density at radius 3 is 2.81 bits per heavy atom. The summed E-state index contributed by atoms with van der Waals surface area (Å²) in [7, 11) is 0. The first-order valence-electron chi connectivity index (χ1n) is 6.60. The van der Waals surface area contributed by atoms with Gasteiger partial charge in [0.15, 0.2) is 0 Å². The molecule has 1 aromatic rings. The molecule has 0 amide bonds. The molecule has 2 rings (SSSR count). The molecule has 1 heterocycles. The van der Waals surface area contributed by atoms with Crippen LogP contribution >= 0.6 is 0 Å². The summed E-state index contributed by atoms with van der Waals surface area (Å²) in [4.78, 5) is 0. The molecule has 0 saturated heterocycles. The molecule has 0 spiro atoms. The van der Waals surface area contributed by atoms with Gasteiger partial charge in [-0.2, -0.15) is 0 Å². The molecule has 0 aromatic carbocycles. The molecule has 90 valence electrons. The summed E-state index contributed by atoms with van der Waals surface area (Å²) in [5.74, 6) is 3.08. The van der Waals surface area contributed by atoms with Crippen LogP contribution in [0.25, 0.3) is 0 Å². The minimum Gasteiger partial charge on any atom is -0.465 e. The maximum atomic E-state index is 5.50. The number of hydrogen-bond donors (Lipinski definition) is 1. The van der Waals surface area contributed by atoms with E-state index in [1.807, 2.05) is 13.0 Å². The molecule has 0 unspecified atom stereocenters. The predicted octanol–water partition coefficient (Wildman–Crippen LogP) is 3.65. The molecule has 0 atom stereocenters. The van der Waals surface area contributed by atoms with Crippen LogP contribution in [-0.2, 0) is 6.54 Å². The van der Waals surface area contributed by atoms with Crippen molar-refractivity contribution in [1.82, 2.24) is 5.32 Å². The Morgan fingerprint density at radius 1 is 1.31 bits per heavy atom. The Bertz CT molecular complexity index is 299. The molecule has 1 aliphatic rings. The molecule has 1 saturated carbocycles. The van der Waals surface area contributed by atoms with Gasteiger partial charge in [-0.25, -0.2) is 0 Å². The molecular formula is C14H23NO. The Hall–Kier alpha value is -0.760. The van der Waals surface area contributed by atoms with E-state index >= 15 is 0 Å². The van der Waals surface area contributed by atoms with E-state index in [-0.39, 0.29) is 0 Å². The van der Waals surface area contributed by atoms with Crippen LogP contribution < -0.4 is 5.32 Å². The van der Waals surface area contributed by atoms with Crippen LogP contribution in [0.4, 0.5) is 0 Å². The highest BCUT2D eigenvalue weighted by Gasteiger charge is 2.13. The third kappa shape index (κ3) is 3.67. The second kappa shape index (κ2) is 6.09. The van der Waals surface area contributed by atoms with Crippen LogP contribution in [-0.4, -0.2) is 6.54 Å². The highest BCUT2D eigenvalue weighted by Crippen LogP contribution is 2.28. The lowest BCUT2D eigenvalue weighted by Gasteiger charge is -2.08. The maximum Gasteiger partial charge on any atom is 0.117 e. The highest BCUT2D eigenvalue weighted by atomic mass is 16.3. The lowest BCUT2D eigenvalue weighted by molar-refractivity contribution is 0.441. The molecular weight excluding hydrogens is 198 g/mol. The summed E-state index contributed by atoms with van der Waals surface area (Å²) >= 11 is 0.